The molecule has 0 fully saturated rings. The number of nitrogens with two attached hydrogens (primary N) is 1. The largest absolute Gasteiger partial charge is 0.433 e. The van der Waals surface area contributed by atoms with Crippen LogP contribution in [0.1, 0.15) is 25.1 Å². The summed E-state index contributed by atoms with van der Waals surface area (Å²) in [4.78, 5) is 5.37. The van der Waals surface area contributed by atoms with Crippen LogP contribution in [0.15, 0.2) is 12.1 Å². The van der Waals surface area contributed by atoms with Gasteiger partial charge in [0.25, 0.3) is 0 Å². The van der Waals surface area contributed by atoms with Gasteiger partial charge in [-0.3, -0.25) is 0 Å². The van der Waals surface area contributed by atoms with Crippen molar-refractivity contribution in [2.75, 3.05) is 31.2 Å². The van der Waals surface area contributed by atoms with Crippen molar-refractivity contribution in [3.63, 3.8) is 0 Å². The highest BCUT2D eigenvalue weighted by Crippen LogP contribution is 2.30. The fourth-order valence-electron chi connectivity index (χ4n) is 1.77. The van der Waals surface area contributed by atoms with Gasteiger partial charge in [-0.2, -0.15) is 13.2 Å². The first-order valence-corrected chi connectivity index (χ1v) is 6.92. The second-order valence-corrected chi connectivity index (χ2v) is 4.65. The van der Waals surface area contributed by atoms with Gasteiger partial charge in [0.15, 0.2) is 0 Å². The molecule has 1 heterocycles. The molecule has 0 radical (unpaired) electrons. The van der Waals surface area contributed by atoms with E-state index in [9.17, 15) is 13.2 Å². The average Bonchev–Trinajstić information content (AvgIpc) is 2.42. The Kier molecular flexibility index (Phi) is 6.35. The van der Waals surface area contributed by atoms with Gasteiger partial charge in [-0.1, -0.05) is 12.2 Å². The zero-order chi connectivity index (χ0) is 16.0. The van der Waals surface area contributed by atoms with Crippen LogP contribution >= 0.6 is 12.2 Å². The molecule has 0 aromatic carbocycles. The minimum atomic E-state index is -4.51. The van der Waals surface area contributed by atoms with Crippen LogP contribution in [0.2, 0.25) is 0 Å². The third kappa shape index (κ3) is 4.82. The van der Waals surface area contributed by atoms with Gasteiger partial charge in [-0.05, 0) is 26.0 Å². The molecule has 0 aliphatic carbocycles. The lowest BCUT2D eigenvalue weighted by Gasteiger charge is -2.25. The molecular weight excluding hydrogens is 303 g/mol. The SMILES string of the molecule is CCOCCN(CC)c1nc(C(F)(F)F)ccc1C(N)=S. The van der Waals surface area contributed by atoms with Crippen molar-refractivity contribution < 1.29 is 17.9 Å². The van der Waals surface area contributed by atoms with E-state index in [-0.39, 0.29) is 10.8 Å². The molecule has 21 heavy (non-hydrogen) atoms. The molecule has 118 valence electrons. The Morgan fingerprint density at radius 3 is 2.52 bits per heavy atom. The molecule has 0 saturated carbocycles. The van der Waals surface area contributed by atoms with Crippen LogP contribution in [0, 0.1) is 0 Å². The lowest BCUT2D eigenvalue weighted by Crippen LogP contribution is -2.31. The molecule has 0 aliphatic heterocycles. The van der Waals surface area contributed by atoms with Crippen molar-refractivity contribution >= 4 is 23.0 Å². The van der Waals surface area contributed by atoms with E-state index in [1.165, 1.54) is 6.07 Å². The van der Waals surface area contributed by atoms with Crippen LogP contribution in [-0.4, -0.2) is 36.3 Å². The molecule has 2 N–H and O–H groups in total. The molecule has 1 aromatic heterocycles. The van der Waals surface area contributed by atoms with E-state index in [0.717, 1.165) is 6.07 Å². The lowest BCUT2D eigenvalue weighted by molar-refractivity contribution is -0.141. The number of halogens is 3. The van der Waals surface area contributed by atoms with Crippen LogP contribution in [0.25, 0.3) is 0 Å². The maximum atomic E-state index is 12.8. The summed E-state index contributed by atoms with van der Waals surface area (Å²) in [6, 6.07) is 2.14. The fraction of sp³-hybridized carbons (Fsp3) is 0.538. The zero-order valence-electron chi connectivity index (χ0n) is 11.9. The number of anilines is 1. The van der Waals surface area contributed by atoms with Gasteiger partial charge in [-0.25, -0.2) is 4.98 Å². The highest BCUT2D eigenvalue weighted by Gasteiger charge is 2.33. The number of hydrogen-bond acceptors (Lipinski definition) is 4. The Balaban J connectivity index is 3.17. The Labute approximate surface area is 127 Å². The molecule has 0 aliphatic rings. The molecule has 0 unspecified atom stereocenters. The first-order chi connectivity index (χ1) is 9.81. The molecule has 4 nitrogen and oxygen atoms in total. The van der Waals surface area contributed by atoms with Gasteiger partial charge in [-0.15, -0.1) is 0 Å². The third-order valence-electron chi connectivity index (χ3n) is 2.82. The summed E-state index contributed by atoms with van der Waals surface area (Å²) in [7, 11) is 0. The van der Waals surface area contributed by atoms with E-state index in [0.29, 0.717) is 31.9 Å². The van der Waals surface area contributed by atoms with Crippen molar-refractivity contribution in [3.05, 3.63) is 23.4 Å². The highest BCUT2D eigenvalue weighted by atomic mass is 32.1. The number of aromatic nitrogens is 1. The summed E-state index contributed by atoms with van der Waals surface area (Å²) in [5, 5.41) is 0. The number of thiocarbonyl (C=S) groups is 1. The second-order valence-electron chi connectivity index (χ2n) is 4.21. The normalized spacial score (nSPS) is 11.5. The van der Waals surface area contributed by atoms with Gasteiger partial charge in [0.05, 0.1) is 12.2 Å². The number of ether oxygens (including phenoxy) is 1. The monoisotopic (exact) mass is 321 g/mol. The Morgan fingerprint density at radius 1 is 1.38 bits per heavy atom. The summed E-state index contributed by atoms with van der Waals surface area (Å²) in [6.07, 6.45) is -4.51. The van der Waals surface area contributed by atoms with Gasteiger partial charge >= 0.3 is 6.18 Å². The lowest BCUT2D eigenvalue weighted by atomic mass is 10.2. The van der Waals surface area contributed by atoms with Gasteiger partial charge in [0.2, 0.25) is 0 Å². The number of rotatable bonds is 7. The molecule has 0 bridgehead atoms. The molecule has 0 atom stereocenters. The van der Waals surface area contributed by atoms with E-state index in [4.69, 9.17) is 22.7 Å². The minimum Gasteiger partial charge on any atom is -0.389 e. The average molecular weight is 321 g/mol. The Morgan fingerprint density at radius 2 is 2.05 bits per heavy atom. The zero-order valence-corrected chi connectivity index (χ0v) is 12.7. The maximum Gasteiger partial charge on any atom is 0.433 e. The third-order valence-corrected chi connectivity index (χ3v) is 3.04. The van der Waals surface area contributed by atoms with E-state index in [1.54, 1.807) is 4.90 Å². The summed E-state index contributed by atoms with van der Waals surface area (Å²) in [6.45, 7) is 5.47. The first kappa shape index (κ1) is 17.6. The topological polar surface area (TPSA) is 51.4 Å². The summed E-state index contributed by atoms with van der Waals surface area (Å²) in [5.41, 5.74) is 4.94. The van der Waals surface area contributed by atoms with Crippen molar-refractivity contribution in [3.8, 4) is 0 Å². The van der Waals surface area contributed by atoms with E-state index in [1.807, 2.05) is 13.8 Å². The predicted molar refractivity (Wildman–Crippen MR) is 79.5 cm³/mol. The van der Waals surface area contributed by atoms with Crippen molar-refractivity contribution in [1.29, 1.82) is 0 Å². The predicted octanol–water partition coefficient (Wildman–Crippen LogP) is 2.60. The number of nitrogens with zero attached hydrogens (tertiary/aromatic N) is 2. The summed E-state index contributed by atoms with van der Waals surface area (Å²) in [5.74, 6) is 0.138. The first-order valence-electron chi connectivity index (χ1n) is 6.52. The second kappa shape index (κ2) is 7.56. The summed E-state index contributed by atoms with van der Waals surface area (Å²) < 4.78 is 43.6. The van der Waals surface area contributed by atoms with Gasteiger partial charge in [0, 0.05) is 19.7 Å². The molecule has 1 aromatic rings. The summed E-state index contributed by atoms with van der Waals surface area (Å²) >= 11 is 4.89. The van der Waals surface area contributed by atoms with Crippen LogP contribution in [0.3, 0.4) is 0 Å². The molecule has 0 amide bonds. The molecular formula is C13H18F3N3OS. The molecule has 0 spiro atoms. The fourth-order valence-corrected chi connectivity index (χ4v) is 1.93. The smallest absolute Gasteiger partial charge is 0.389 e. The van der Waals surface area contributed by atoms with Gasteiger partial charge in [0.1, 0.15) is 16.5 Å². The van der Waals surface area contributed by atoms with Gasteiger partial charge < -0.3 is 15.4 Å². The standard InChI is InChI=1S/C13H18F3N3OS/c1-3-19(7-8-20-4-2)12-9(11(17)21)5-6-10(18-12)13(14,15)16/h5-6H,3-4,7-8H2,1-2H3,(H2,17,21). The van der Waals surface area contributed by atoms with E-state index in [2.05, 4.69) is 4.98 Å². The number of hydrogen-bond donors (Lipinski definition) is 1. The minimum absolute atomic E-state index is 0.0149. The van der Waals surface area contributed by atoms with Crippen LogP contribution in [-0.2, 0) is 10.9 Å². The van der Waals surface area contributed by atoms with Crippen molar-refractivity contribution in [2.45, 2.75) is 20.0 Å². The van der Waals surface area contributed by atoms with E-state index < -0.39 is 11.9 Å². The number of pyridine rings is 1. The van der Waals surface area contributed by atoms with E-state index >= 15 is 0 Å². The number of alkyl halides is 3. The molecule has 8 heteroatoms. The van der Waals surface area contributed by atoms with Crippen molar-refractivity contribution in [2.24, 2.45) is 5.73 Å². The van der Waals surface area contributed by atoms with Crippen LogP contribution < -0.4 is 10.6 Å². The quantitative estimate of drug-likeness (QED) is 0.618. The molecule has 1 rings (SSSR count). The Bertz CT molecular complexity index is 494. The number of likely N-dealkylation sites (N-methyl/N-ethyl adjacent to an activating group) is 1. The Hall–Kier alpha value is -1.41. The molecule has 0 saturated heterocycles. The maximum absolute atomic E-state index is 12.8. The van der Waals surface area contributed by atoms with Crippen molar-refractivity contribution in [1.82, 2.24) is 4.98 Å². The highest BCUT2D eigenvalue weighted by molar-refractivity contribution is 7.80. The van der Waals surface area contributed by atoms with Crippen LogP contribution in [0.5, 0.6) is 0 Å². The van der Waals surface area contributed by atoms with Crippen LogP contribution in [0.4, 0.5) is 19.0 Å².